The monoisotopic (exact) mass is 399 g/mol. The first-order valence-corrected chi connectivity index (χ1v) is 11.0. The van der Waals surface area contributed by atoms with Crippen molar-refractivity contribution in [1.82, 2.24) is 4.90 Å². The maximum atomic E-state index is 11.9. The SMILES string of the molecule is CCN(CC)CCOC(=O)\C=C(C)/C=C/C=C(C)\C=C\C1=C(C)CCCC1(C)C. The molecule has 0 heterocycles. The zero-order valence-corrected chi connectivity index (χ0v) is 19.7. The smallest absolute Gasteiger partial charge is 0.331 e. The number of hydrogen-bond acceptors (Lipinski definition) is 3. The molecule has 0 saturated heterocycles. The zero-order valence-electron chi connectivity index (χ0n) is 19.7. The van der Waals surface area contributed by atoms with Crippen molar-refractivity contribution in [3.63, 3.8) is 0 Å². The summed E-state index contributed by atoms with van der Waals surface area (Å²) in [5.74, 6) is -0.276. The molecule has 0 amide bonds. The number of likely N-dealkylation sites (N-methyl/N-ethyl adjacent to an activating group) is 1. The first-order valence-electron chi connectivity index (χ1n) is 11.0. The van der Waals surface area contributed by atoms with E-state index in [4.69, 9.17) is 4.74 Å². The summed E-state index contributed by atoms with van der Waals surface area (Å²) in [6.07, 6.45) is 15.8. The predicted octanol–water partition coefficient (Wildman–Crippen LogP) is 6.40. The maximum Gasteiger partial charge on any atom is 0.331 e. The van der Waals surface area contributed by atoms with Crippen LogP contribution in [-0.2, 0) is 9.53 Å². The van der Waals surface area contributed by atoms with Crippen molar-refractivity contribution in [1.29, 1.82) is 0 Å². The summed E-state index contributed by atoms with van der Waals surface area (Å²) >= 11 is 0. The van der Waals surface area contributed by atoms with Crippen molar-refractivity contribution in [2.45, 2.75) is 67.7 Å². The maximum absolute atomic E-state index is 11.9. The molecule has 0 unspecified atom stereocenters. The molecule has 1 rings (SSSR count). The van der Waals surface area contributed by atoms with Gasteiger partial charge in [-0.2, -0.15) is 0 Å². The van der Waals surface area contributed by atoms with Gasteiger partial charge in [-0.05, 0) is 69.7 Å². The quantitative estimate of drug-likeness (QED) is 0.242. The number of nitrogens with zero attached hydrogens (tertiary/aromatic N) is 1. The molecule has 3 heteroatoms. The molecular weight excluding hydrogens is 358 g/mol. The minimum Gasteiger partial charge on any atom is -0.461 e. The Labute approximate surface area is 178 Å². The van der Waals surface area contributed by atoms with Crippen molar-refractivity contribution >= 4 is 5.97 Å². The second-order valence-electron chi connectivity index (χ2n) is 8.62. The van der Waals surface area contributed by atoms with Crippen LogP contribution < -0.4 is 0 Å². The Morgan fingerprint density at radius 3 is 2.45 bits per heavy atom. The van der Waals surface area contributed by atoms with E-state index in [9.17, 15) is 4.79 Å². The first-order chi connectivity index (χ1) is 13.7. The van der Waals surface area contributed by atoms with Gasteiger partial charge in [0.05, 0.1) is 0 Å². The lowest BCUT2D eigenvalue weighted by Gasteiger charge is -2.32. The molecule has 1 aliphatic carbocycles. The molecule has 0 saturated carbocycles. The molecule has 0 radical (unpaired) electrons. The van der Waals surface area contributed by atoms with Crippen LogP contribution >= 0.6 is 0 Å². The van der Waals surface area contributed by atoms with Crippen LogP contribution in [0.3, 0.4) is 0 Å². The van der Waals surface area contributed by atoms with Crippen molar-refractivity contribution in [3.8, 4) is 0 Å². The van der Waals surface area contributed by atoms with Crippen LogP contribution in [0.4, 0.5) is 0 Å². The van der Waals surface area contributed by atoms with Crippen molar-refractivity contribution < 1.29 is 9.53 Å². The van der Waals surface area contributed by atoms with Gasteiger partial charge in [0.25, 0.3) is 0 Å². The number of ether oxygens (including phenoxy) is 1. The Balaban J connectivity index is 2.58. The summed E-state index contributed by atoms with van der Waals surface area (Å²) < 4.78 is 5.29. The second-order valence-corrected chi connectivity index (χ2v) is 8.62. The molecular formula is C26H41NO2. The van der Waals surface area contributed by atoms with E-state index in [1.165, 1.54) is 36.0 Å². The first kappa shape index (κ1) is 25.2. The van der Waals surface area contributed by atoms with E-state index in [1.54, 1.807) is 6.08 Å². The Hall–Kier alpha value is -1.87. The molecule has 1 aliphatic rings. The summed E-state index contributed by atoms with van der Waals surface area (Å²) in [5.41, 5.74) is 5.33. The summed E-state index contributed by atoms with van der Waals surface area (Å²) in [5, 5.41) is 0. The van der Waals surface area contributed by atoms with Crippen LogP contribution in [0.2, 0.25) is 0 Å². The van der Waals surface area contributed by atoms with E-state index in [0.29, 0.717) is 6.61 Å². The molecule has 0 spiro atoms. The van der Waals surface area contributed by atoms with Gasteiger partial charge >= 0.3 is 5.97 Å². The fraction of sp³-hybridized carbons (Fsp3) is 0.577. The van der Waals surface area contributed by atoms with E-state index in [2.05, 4.69) is 64.7 Å². The van der Waals surface area contributed by atoms with Gasteiger partial charge in [-0.1, -0.05) is 69.2 Å². The molecule has 0 aromatic carbocycles. The van der Waals surface area contributed by atoms with Crippen LogP contribution in [-0.4, -0.2) is 37.1 Å². The van der Waals surface area contributed by atoms with Gasteiger partial charge in [0, 0.05) is 12.6 Å². The molecule has 0 aliphatic heterocycles. The fourth-order valence-electron chi connectivity index (χ4n) is 3.72. The van der Waals surface area contributed by atoms with Gasteiger partial charge in [0.2, 0.25) is 0 Å². The molecule has 0 aromatic rings. The number of rotatable bonds is 10. The van der Waals surface area contributed by atoms with E-state index in [-0.39, 0.29) is 11.4 Å². The Kier molecular flexibility index (Phi) is 11.0. The number of allylic oxidation sites excluding steroid dienone is 9. The molecule has 29 heavy (non-hydrogen) atoms. The molecule has 3 nitrogen and oxygen atoms in total. The van der Waals surface area contributed by atoms with Gasteiger partial charge in [0.1, 0.15) is 6.61 Å². The van der Waals surface area contributed by atoms with Crippen molar-refractivity contribution in [2.24, 2.45) is 5.41 Å². The van der Waals surface area contributed by atoms with Gasteiger partial charge in [-0.25, -0.2) is 4.79 Å². The highest BCUT2D eigenvalue weighted by atomic mass is 16.5. The minimum atomic E-state index is -0.276. The number of carbonyl (C=O) groups is 1. The highest BCUT2D eigenvalue weighted by Gasteiger charge is 2.26. The summed E-state index contributed by atoms with van der Waals surface area (Å²) in [7, 11) is 0. The Morgan fingerprint density at radius 1 is 1.14 bits per heavy atom. The average Bonchev–Trinajstić information content (AvgIpc) is 2.64. The van der Waals surface area contributed by atoms with E-state index < -0.39 is 0 Å². The third-order valence-corrected chi connectivity index (χ3v) is 5.67. The van der Waals surface area contributed by atoms with Gasteiger partial charge < -0.3 is 9.64 Å². The summed E-state index contributed by atoms with van der Waals surface area (Å²) in [4.78, 5) is 14.1. The number of esters is 1. The Morgan fingerprint density at radius 2 is 1.83 bits per heavy atom. The van der Waals surface area contributed by atoms with Crippen molar-refractivity contribution in [3.05, 3.63) is 58.7 Å². The highest BCUT2D eigenvalue weighted by molar-refractivity contribution is 5.83. The number of hydrogen-bond donors (Lipinski definition) is 0. The second kappa shape index (κ2) is 12.6. The van der Waals surface area contributed by atoms with Crippen LogP contribution in [0.15, 0.2) is 58.7 Å². The van der Waals surface area contributed by atoms with Gasteiger partial charge in [0.15, 0.2) is 0 Å². The van der Waals surface area contributed by atoms with Crippen LogP contribution in [0.1, 0.15) is 67.7 Å². The molecule has 0 aromatic heterocycles. The molecule has 0 N–H and O–H groups in total. The lowest BCUT2D eigenvalue weighted by atomic mass is 9.72. The largest absolute Gasteiger partial charge is 0.461 e. The molecule has 0 fully saturated rings. The summed E-state index contributed by atoms with van der Waals surface area (Å²) in [6, 6.07) is 0. The molecule has 162 valence electrons. The van der Waals surface area contributed by atoms with Gasteiger partial charge in [-0.15, -0.1) is 0 Å². The minimum absolute atomic E-state index is 0.264. The predicted molar refractivity (Wildman–Crippen MR) is 125 cm³/mol. The summed E-state index contributed by atoms with van der Waals surface area (Å²) in [6.45, 7) is 18.3. The lowest BCUT2D eigenvalue weighted by Crippen LogP contribution is -2.27. The average molecular weight is 400 g/mol. The van der Waals surface area contributed by atoms with Crippen molar-refractivity contribution in [2.75, 3.05) is 26.2 Å². The molecule has 0 atom stereocenters. The number of carbonyl (C=O) groups excluding carboxylic acids is 1. The standard InChI is InChI=1S/C26H41NO2/c1-8-27(9-2)18-19-29-25(28)20-22(4)13-10-12-21(3)15-16-24-23(5)14-11-17-26(24,6)7/h10,12-13,15-16,20H,8-9,11,14,17-19H2,1-7H3/b13-10+,16-15+,21-12-,22-20-. The lowest BCUT2D eigenvalue weighted by molar-refractivity contribution is -0.138. The normalized spacial score (nSPS) is 18.3. The van der Waals surface area contributed by atoms with E-state index in [1.807, 2.05) is 19.1 Å². The van der Waals surface area contributed by atoms with Gasteiger partial charge in [-0.3, -0.25) is 0 Å². The van der Waals surface area contributed by atoms with Crippen LogP contribution in [0.25, 0.3) is 0 Å². The Bertz CT molecular complexity index is 685. The third-order valence-electron chi connectivity index (χ3n) is 5.67. The van der Waals surface area contributed by atoms with E-state index in [0.717, 1.165) is 25.2 Å². The third kappa shape index (κ3) is 9.45. The highest BCUT2D eigenvalue weighted by Crippen LogP contribution is 2.40. The fourth-order valence-corrected chi connectivity index (χ4v) is 3.72. The van der Waals surface area contributed by atoms with Crippen LogP contribution in [0.5, 0.6) is 0 Å². The molecule has 0 bridgehead atoms. The van der Waals surface area contributed by atoms with Crippen LogP contribution in [0, 0.1) is 5.41 Å². The zero-order chi connectivity index (χ0) is 21.9. The topological polar surface area (TPSA) is 29.5 Å². The van der Waals surface area contributed by atoms with E-state index >= 15 is 0 Å².